The van der Waals surface area contributed by atoms with Gasteiger partial charge >= 0.3 is 0 Å². The number of halogens is 1. The standard InChI is InChI=1S/C27H30FN3O5/c1-31-22-11-10-20(14-25(32)29-18-3-2-4-18)36-24(22)15-35-23-12-9-19(13-21(23)27(31)34)30-26(33)16-5-7-17(28)8-6-16/h5-9,12-13,18,20,22,24H,2-4,10-11,14-15H2,1H3,(H,29,32)(H,30,33)/t20-,22+,24-/m1/s1. The second kappa shape index (κ2) is 10.3. The molecule has 0 aromatic heterocycles. The van der Waals surface area contributed by atoms with Crippen molar-refractivity contribution in [1.82, 2.24) is 10.2 Å². The molecule has 2 aromatic carbocycles. The molecule has 0 bridgehead atoms. The largest absolute Gasteiger partial charge is 0.490 e. The third kappa shape index (κ3) is 5.21. The molecule has 5 rings (SSSR count). The Morgan fingerprint density at radius 3 is 2.58 bits per heavy atom. The van der Waals surface area contributed by atoms with E-state index in [4.69, 9.17) is 9.47 Å². The van der Waals surface area contributed by atoms with Gasteiger partial charge in [-0.15, -0.1) is 0 Å². The Bertz CT molecular complexity index is 1150. The third-order valence-electron chi connectivity index (χ3n) is 7.26. The molecule has 2 N–H and O–H groups in total. The maximum Gasteiger partial charge on any atom is 0.257 e. The molecule has 2 aromatic rings. The molecule has 1 saturated heterocycles. The van der Waals surface area contributed by atoms with Gasteiger partial charge in [0.25, 0.3) is 11.8 Å². The van der Waals surface area contributed by atoms with E-state index in [1.165, 1.54) is 24.3 Å². The Morgan fingerprint density at radius 1 is 1.08 bits per heavy atom. The number of hydrogen-bond donors (Lipinski definition) is 2. The maximum absolute atomic E-state index is 13.4. The van der Waals surface area contributed by atoms with E-state index < -0.39 is 11.7 Å². The van der Waals surface area contributed by atoms with Crippen LogP contribution in [0.5, 0.6) is 5.75 Å². The van der Waals surface area contributed by atoms with Crippen LogP contribution in [0.25, 0.3) is 0 Å². The smallest absolute Gasteiger partial charge is 0.257 e. The Kier molecular flexibility index (Phi) is 6.91. The molecule has 2 aliphatic heterocycles. The molecule has 3 aliphatic rings. The predicted molar refractivity (Wildman–Crippen MR) is 130 cm³/mol. The van der Waals surface area contributed by atoms with Crippen molar-refractivity contribution in [3.63, 3.8) is 0 Å². The lowest BCUT2D eigenvalue weighted by atomic mass is 9.92. The lowest BCUT2D eigenvalue weighted by molar-refractivity contribution is -0.135. The lowest BCUT2D eigenvalue weighted by Gasteiger charge is -2.42. The van der Waals surface area contributed by atoms with Crippen LogP contribution in [-0.2, 0) is 9.53 Å². The molecule has 1 saturated carbocycles. The first-order chi connectivity index (χ1) is 17.4. The number of anilines is 1. The van der Waals surface area contributed by atoms with Gasteiger partial charge in [-0.2, -0.15) is 0 Å². The van der Waals surface area contributed by atoms with Gasteiger partial charge in [-0.1, -0.05) is 0 Å². The fourth-order valence-corrected chi connectivity index (χ4v) is 4.96. The molecule has 8 nitrogen and oxygen atoms in total. The zero-order valence-electron chi connectivity index (χ0n) is 20.2. The topological polar surface area (TPSA) is 97.0 Å². The molecule has 3 amide bonds. The zero-order chi connectivity index (χ0) is 25.2. The molecule has 190 valence electrons. The summed E-state index contributed by atoms with van der Waals surface area (Å²) >= 11 is 0. The lowest BCUT2D eigenvalue weighted by Crippen LogP contribution is -2.54. The van der Waals surface area contributed by atoms with Crippen molar-refractivity contribution in [3.05, 3.63) is 59.4 Å². The van der Waals surface area contributed by atoms with E-state index in [2.05, 4.69) is 10.6 Å². The summed E-state index contributed by atoms with van der Waals surface area (Å²) in [6.07, 6.45) is 4.38. The average Bonchev–Trinajstić information content (AvgIpc) is 2.84. The van der Waals surface area contributed by atoms with Gasteiger partial charge in [0.05, 0.1) is 24.1 Å². The second-order valence-electron chi connectivity index (χ2n) is 9.74. The van der Waals surface area contributed by atoms with E-state index >= 15 is 0 Å². The Hall–Kier alpha value is -3.46. The molecule has 2 fully saturated rings. The number of nitrogens with zero attached hydrogens (tertiary/aromatic N) is 1. The van der Waals surface area contributed by atoms with Gasteiger partial charge in [-0.05, 0) is 74.6 Å². The molecular formula is C27H30FN3O5. The molecule has 2 heterocycles. The van der Waals surface area contributed by atoms with Gasteiger partial charge in [0.2, 0.25) is 5.91 Å². The molecule has 0 radical (unpaired) electrons. The summed E-state index contributed by atoms with van der Waals surface area (Å²) in [6, 6.07) is 10.2. The quantitative estimate of drug-likeness (QED) is 0.662. The number of hydrogen-bond acceptors (Lipinski definition) is 5. The van der Waals surface area contributed by atoms with Crippen molar-refractivity contribution >= 4 is 23.4 Å². The number of carbonyl (C=O) groups is 3. The molecular weight excluding hydrogens is 465 g/mol. The van der Waals surface area contributed by atoms with Crippen LogP contribution in [0.4, 0.5) is 10.1 Å². The van der Waals surface area contributed by atoms with E-state index in [-0.39, 0.29) is 36.7 Å². The molecule has 1 aliphatic carbocycles. The average molecular weight is 496 g/mol. The highest BCUT2D eigenvalue weighted by Crippen LogP contribution is 2.32. The van der Waals surface area contributed by atoms with Gasteiger partial charge in [0.1, 0.15) is 24.3 Å². The fraction of sp³-hybridized carbons (Fsp3) is 0.444. The Labute approximate surface area is 209 Å². The van der Waals surface area contributed by atoms with E-state index in [0.29, 0.717) is 47.9 Å². The Morgan fingerprint density at radius 2 is 1.86 bits per heavy atom. The molecule has 0 unspecified atom stereocenters. The normalized spacial score (nSPS) is 23.8. The van der Waals surface area contributed by atoms with Crippen molar-refractivity contribution in [3.8, 4) is 5.75 Å². The minimum atomic E-state index is -0.424. The van der Waals surface area contributed by atoms with E-state index in [0.717, 1.165) is 19.3 Å². The minimum absolute atomic E-state index is 0.0138. The predicted octanol–water partition coefficient (Wildman–Crippen LogP) is 3.52. The number of nitrogens with one attached hydrogen (secondary N) is 2. The van der Waals surface area contributed by atoms with Crippen molar-refractivity contribution in [2.45, 2.75) is 62.8 Å². The summed E-state index contributed by atoms with van der Waals surface area (Å²) in [5, 5.41) is 5.81. The number of likely N-dealkylation sites (N-methyl/N-ethyl adjacent to an activating group) is 1. The van der Waals surface area contributed by atoms with E-state index in [1.54, 1.807) is 30.1 Å². The molecule has 3 atom stereocenters. The van der Waals surface area contributed by atoms with Gasteiger partial charge < -0.3 is 25.0 Å². The molecule has 9 heteroatoms. The van der Waals surface area contributed by atoms with Crippen LogP contribution < -0.4 is 15.4 Å². The summed E-state index contributed by atoms with van der Waals surface area (Å²) in [5.74, 6) is -0.650. The summed E-state index contributed by atoms with van der Waals surface area (Å²) < 4.78 is 25.4. The first-order valence-corrected chi connectivity index (χ1v) is 12.4. The molecule has 0 spiro atoms. The summed E-state index contributed by atoms with van der Waals surface area (Å²) in [5.41, 5.74) is 1.08. The first kappa shape index (κ1) is 24.2. The van der Waals surface area contributed by atoms with Crippen molar-refractivity contribution < 1.29 is 28.2 Å². The number of benzene rings is 2. The van der Waals surface area contributed by atoms with Gasteiger partial charge in [-0.3, -0.25) is 14.4 Å². The molecule has 36 heavy (non-hydrogen) atoms. The summed E-state index contributed by atoms with van der Waals surface area (Å²) in [7, 11) is 1.74. The van der Waals surface area contributed by atoms with Gasteiger partial charge in [-0.25, -0.2) is 4.39 Å². The first-order valence-electron chi connectivity index (χ1n) is 12.4. The number of fused-ring (bicyclic) bond motifs is 2. The highest BCUT2D eigenvalue weighted by Gasteiger charge is 2.39. The van der Waals surface area contributed by atoms with Crippen LogP contribution in [0.15, 0.2) is 42.5 Å². The van der Waals surface area contributed by atoms with Crippen LogP contribution >= 0.6 is 0 Å². The van der Waals surface area contributed by atoms with Crippen molar-refractivity contribution in [2.24, 2.45) is 0 Å². The van der Waals surface area contributed by atoms with E-state index in [1.807, 2.05) is 0 Å². The third-order valence-corrected chi connectivity index (χ3v) is 7.26. The highest BCUT2D eigenvalue weighted by molar-refractivity contribution is 6.05. The van der Waals surface area contributed by atoms with E-state index in [9.17, 15) is 18.8 Å². The second-order valence-corrected chi connectivity index (χ2v) is 9.74. The monoisotopic (exact) mass is 495 g/mol. The van der Waals surface area contributed by atoms with Crippen molar-refractivity contribution in [1.29, 1.82) is 0 Å². The van der Waals surface area contributed by atoms with Gasteiger partial charge in [0.15, 0.2) is 0 Å². The number of rotatable bonds is 5. The van der Waals surface area contributed by atoms with Crippen LogP contribution in [0, 0.1) is 5.82 Å². The van der Waals surface area contributed by atoms with Crippen LogP contribution in [0.3, 0.4) is 0 Å². The number of amides is 3. The highest BCUT2D eigenvalue weighted by atomic mass is 19.1. The van der Waals surface area contributed by atoms with Gasteiger partial charge in [0, 0.05) is 24.3 Å². The maximum atomic E-state index is 13.4. The van der Waals surface area contributed by atoms with Crippen LogP contribution in [0.1, 0.15) is 59.2 Å². The fourth-order valence-electron chi connectivity index (χ4n) is 4.96. The minimum Gasteiger partial charge on any atom is -0.490 e. The van der Waals surface area contributed by atoms with Crippen molar-refractivity contribution in [2.75, 3.05) is 19.0 Å². The van der Waals surface area contributed by atoms with Crippen LogP contribution in [-0.4, -0.2) is 60.6 Å². The number of carbonyl (C=O) groups excluding carboxylic acids is 3. The van der Waals surface area contributed by atoms with Crippen LogP contribution in [0.2, 0.25) is 0 Å². The summed E-state index contributed by atoms with van der Waals surface area (Å²) in [4.78, 5) is 39.9. The zero-order valence-corrected chi connectivity index (χ0v) is 20.2. The SMILES string of the molecule is CN1C(=O)c2cc(NC(=O)c3ccc(F)cc3)ccc2OC[C@H]2O[C@@H](CC(=O)NC3CCC3)CC[C@@H]21. The Balaban J connectivity index is 1.26. The summed E-state index contributed by atoms with van der Waals surface area (Å²) in [6.45, 7) is 0.247. The number of ether oxygens (including phenoxy) is 2.